The van der Waals surface area contributed by atoms with Crippen molar-refractivity contribution in [1.82, 2.24) is 19.7 Å². The summed E-state index contributed by atoms with van der Waals surface area (Å²) in [5.74, 6) is 0.699. The highest BCUT2D eigenvalue weighted by atomic mass is 16.2. The Hall–Kier alpha value is -3.66. The normalized spacial score (nSPS) is 15.7. The number of hydrogen-bond donors (Lipinski definition) is 0. The van der Waals surface area contributed by atoms with Crippen LogP contribution in [0.4, 0.5) is 5.82 Å². The van der Waals surface area contributed by atoms with Crippen molar-refractivity contribution in [3.05, 3.63) is 71.2 Å². The topological polar surface area (TPSA) is 78.1 Å². The monoisotopic (exact) mass is 398 g/mol. The highest BCUT2D eigenvalue weighted by molar-refractivity contribution is 5.94. The number of hydrogen-bond acceptors (Lipinski definition) is 5. The first-order chi connectivity index (χ1) is 14.8. The van der Waals surface area contributed by atoms with E-state index in [-0.39, 0.29) is 5.91 Å². The molecular formula is C23H22N6O. The lowest BCUT2D eigenvalue weighted by Gasteiger charge is -2.35. The van der Waals surface area contributed by atoms with E-state index in [4.69, 9.17) is 5.10 Å². The molecule has 0 spiro atoms. The third-order valence-corrected chi connectivity index (χ3v) is 5.91. The number of piperazine rings is 1. The fraction of sp³-hybridized carbons (Fsp3) is 0.304. The second-order valence-corrected chi connectivity index (χ2v) is 7.64. The summed E-state index contributed by atoms with van der Waals surface area (Å²) in [6.07, 6.45) is 4.62. The van der Waals surface area contributed by atoms with Crippen LogP contribution >= 0.6 is 0 Å². The number of para-hydroxylation sites is 1. The zero-order valence-corrected chi connectivity index (χ0v) is 16.7. The van der Waals surface area contributed by atoms with E-state index in [9.17, 15) is 10.1 Å². The van der Waals surface area contributed by atoms with Crippen LogP contribution in [0.1, 0.15) is 33.7 Å². The molecule has 2 aliphatic rings. The van der Waals surface area contributed by atoms with Crippen LogP contribution in [0.15, 0.2) is 48.7 Å². The molecule has 2 aromatic heterocycles. The van der Waals surface area contributed by atoms with Gasteiger partial charge in [-0.2, -0.15) is 10.4 Å². The zero-order chi connectivity index (χ0) is 20.5. The molecule has 7 heteroatoms. The van der Waals surface area contributed by atoms with E-state index in [0.29, 0.717) is 43.3 Å². The van der Waals surface area contributed by atoms with Crippen molar-refractivity contribution in [2.24, 2.45) is 0 Å². The van der Waals surface area contributed by atoms with Gasteiger partial charge in [0.15, 0.2) is 5.69 Å². The van der Waals surface area contributed by atoms with Crippen LogP contribution in [-0.2, 0) is 12.8 Å². The summed E-state index contributed by atoms with van der Waals surface area (Å²) in [6, 6.07) is 15.8. The van der Waals surface area contributed by atoms with Gasteiger partial charge in [-0.25, -0.2) is 9.67 Å². The number of anilines is 1. The second kappa shape index (κ2) is 7.64. The van der Waals surface area contributed by atoms with Crippen molar-refractivity contribution in [3.8, 4) is 11.8 Å². The van der Waals surface area contributed by atoms with Crippen molar-refractivity contribution in [2.75, 3.05) is 31.1 Å². The summed E-state index contributed by atoms with van der Waals surface area (Å²) < 4.78 is 1.94. The standard InChI is InChI=1S/C23H22N6O/c24-16-17-6-5-11-25-22(17)27-12-14-28(15-13-27)23(30)21-19-9-4-10-20(19)29(26-21)18-7-2-1-3-8-18/h1-3,5-8,11H,4,9-10,12-15H2. The molecule has 3 heterocycles. The fourth-order valence-electron chi connectivity index (χ4n) is 4.40. The lowest BCUT2D eigenvalue weighted by molar-refractivity contribution is 0.0739. The highest BCUT2D eigenvalue weighted by Gasteiger charge is 2.31. The van der Waals surface area contributed by atoms with Gasteiger partial charge in [-0.1, -0.05) is 18.2 Å². The second-order valence-electron chi connectivity index (χ2n) is 7.64. The molecule has 1 amide bonds. The number of fused-ring (bicyclic) bond motifs is 1. The third-order valence-electron chi connectivity index (χ3n) is 5.91. The highest BCUT2D eigenvalue weighted by Crippen LogP contribution is 2.29. The first-order valence-corrected chi connectivity index (χ1v) is 10.3. The van der Waals surface area contributed by atoms with Gasteiger partial charge in [0.05, 0.1) is 11.3 Å². The molecule has 0 atom stereocenters. The Morgan fingerprint density at radius 2 is 1.80 bits per heavy atom. The molecule has 1 aliphatic heterocycles. The van der Waals surface area contributed by atoms with Gasteiger partial charge in [0, 0.05) is 43.6 Å². The quantitative estimate of drug-likeness (QED) is 0.678. The molecule has 1 fully saturated rings. The van der Waals surface area contributed by atoms with E-state index in [1.165, 1.54) is 0 Å². The molecule has 1 aliphatic carbocycles. The van der Waals surface area contributed by atoms with E-state index in [0.717, 1.165) is 36.2 Å². The molecule has 30 heavy (non-hydrogen) atoms. The summed E-state index contributed by atoms with van der Waals surface area (Å²) in [5.41, 5.74) is 4.42. The van der Waals surface area contributed by atoms with Crippen LogP contribution in [0.5, 0.6) is 0 Å². The van der Waals surface area contributed by atoms with E-state index in [1.54, 1.807) is 18.3 Å². The van der Waals surface area contributed by atoms with Gasteiger partial charge in [0.2, 0.25) is 0 Å². The van der Waals surface area contributed by atoms with Gasteiger partial charge in [0.1, 0.15) is 11.9 Å². The molecule has 7 nitrogen and oxygen atoms in total. The van der Waals surface area contributed by atoms with Gasteiger partial charge in [0.25, 0.3) is 5.91 Å². The molecular weight excluding hydrogens is 376 g/mol. The summed E-state index contributed by atoms with van der Waals surface area (Å²) in [7, 11) is 0. The Morgan fingerprint density at radius 3 is 2.57 bits per heavy atom. The Balaban J connectivity index is 1.36. The van der Waals surface area contributed by atoms with Crippen LogP contribution in [0, 0.1) is 11.3 Å². The van der Waals surface area contributed by atoms with E-state index in [1.807, 2.05) is 39.9 Å². The average Bonchev–Trinajstić information content (AvgIpc) is 3.42. The van der Waals surface area contributed by atoms with Crippen molar-refractivity contribution in [3.63, 3.8) is 0 Å². The van der Waals surface area contributed by atoms with E-state index >= 15 is 0 Å². The summed E-state index contributed by atoms with van der Waals surface area (Å²) in [5, 5.41) is 14.1. The number of nitrogens with zero attached hydrogens (tertiary/aromatic N) is 6. The largest absolute Gasteiger partial charge is 0.352 e. The number of carbonyl (C=O) groups excluding carboxylic acids is 1. The predicted octanol–water partition coefficient (Wildman–Crippen LogP) is 2.59. The molecule has 0 N–H and O–H groups in total. The molecule has 0 bridgehead atoms. The Labute approximate surface area is 175 Å². The minimum Gasteiger partial charge on any atom is -0.352 e. The van der Waals surface area contributed by atoms with Crippen molar-refractivity contribution >= 4 is 11.7 Å². The summed E-state index contributed by atoms with van der Waals surface area (Å²) in [6.45, 7) is 2.48. The van der Waals surface area contributed by atoms with Crippen molar-refractivity contribution in [1.29, 1.82) is 5.26 Å². The van der Waals surface area contributed by atoms with Crippen LogP contribution in [0.2, 0.25) is 0 Å². The number of rotatable bonds is 3. The van der Waals surface area contributed by atoms with Crippen LogP contribution in [0.25, 0.3) is 5.69 Å². The van der Waals surface area contributed by atoms with Gasteiger partial charge in [-0.15, -0.1) is 0 Å². The van der Waals surface area contributed by atoms with Gasteiger partial charge < -0.3 is 9.80 Å². The van der Waals surface area contributed by atoms with Crippen LogP contribution in [-0.4, -0.2) is 51.8 Å². The number of nitriles is 1. The molecule has 5 rings (SSSR count). The number of pyridine rings is 1. The smallest absolute Gasteiger partial charge is 0.274 e. The maximum Gasteiger partial charge on any atom is 0.274 e. The number of benzene rings is 1. The Kier molecular flexibility index (Phi) is 4.68. The molecule has 1 saturated heterocycles. The molecule has 0 radical (unpaired) electrons. The van der Waals surface area contributed by atoms with E-state index in [2.05, 4.69) is 16.0 Å². The van der Waals surface area contributed by atoms with Crippen molar-refractivity contribution in [2.45, 2.75) is 19.3 Å². The fourth-order valence-corrected chi connectivity index (χ4v) is 4.40. The average molecular weight is 398 g/mol. The summed E-state index contributed by atoms with van der Waals surface area (Å²) in [4.78, 5) is 21.7. The predicted molar refractivity (Wildman–Crippen MR) is 113 cm³/mol. The molecule has 0 unspecified atom stereocenters. The molecule has 3 aromatic rings. The number of carbonyl (C=O) groups is 1. The minimum atomic E-state index is 0.00371. The number of amides is 1. The van der Waals surface area contributed by atoms with Crippen LogP contribution < -0.4 is 4.90 Å². The molecule has 1 aromatic carbocycles. The summed E-state index contributed by atoms with van der Waals surface area (Å²) >= 11 is 0. The first-order valence-electron chi connectivity index (χ1n) is 10.3. The zero-order valence-electron chi connectivity index (χ0n) is 16.7. The maximum atomic E-state index is 13.3. The SMILES string of the molecule is N#Cc1cccnc1N1CCN(C(=O)c2nn(-c3ccccc3)c3c2CCC3)CC1. The van der Waals surface area contributed by atoms with Gasteiger partial charge in [-0.05, 0) is 43.5 Å². The van der Waals surface area contributed by atoms with Crippen molar-refractivity contribution < 1.29 is 4.79 Å². The Morgan fingerprint density at radius 1 is 1.00 bits per heavy atom. The van der Waals surface area contributed by atoms with Gasteiger partial charge >= 0.3 is 0 Å². The molecule has 0 saturated carbocycles. The number of aromatic nitrogens is 3. The third kappa shape index (κ3) is 3.11. The lowest BCUT2D eigenvalue weighted by Crippen LogP contribution is -2.49. The molecule has 150 valence electrons. The first kappa shape index (κ1) is 18.4. The van der Waals surface area contributed by atoms with E-state index < -0.39 is 0 Å². The van der Waals surface area contributed by atoms with Crippen LogP contribution in [0.3, 0.4) is 0 Å². The Bertz CT molecular complexity index is 1120. The maximum absolute atomic E-state index is 13.3. The van der Waals surface area contributed by atoms with Gasteiger partial charge in [-0.3, -0.25) is 4.79 Å². The lowest BCUT2D eigenvalue weighted by atomic mass is 10.1. The minimum absolute atomic E-state index is 0.00371.